The van der Waals surface area contributed by atoms with Crippen molar-refractivity contribution >= 4 is 22.5 Å². The fourth-order valence-electron chi connectivity index (χ4n) is 2.82. The molecule has 3 rings (SSSR count). The second-order valence-electron chi connectivity index (χ2n) is 5.73. The molecule has 1 amide bonds. The zero-order valence-corrected chi connectivity index (χ0v) is 14.7. The smallest absolute Gasteiger partial charge is 0.258 e. The molecule has 0 bridgehead atoms. The van der Waals surface area contributed by atoms with Crippen LogP contribution in [0.25, 0.3) is 10.9 Å². The highest BCUT2D eigenvalue weighted by atomic mass is 16.5. The summed E-state index contributed by atoms with van der Waals surface area (Å²) >= 11 is 0. The van der Waals surface area contributed by atoms with E-state index in [1.54, 1.807) is 38.3 Å². The highest BCUT2D eigenvalue weighted by Gasteiger charge is 2.18. The Hall–Kier alpha value is -3.08. The number of pyridine rings is 1. The lowest BCUT2D eigenvalue weighted by molar-refractivity contribution is 0.0994. The molecule has 0 N–H and O–H groups in total. The Morgan fingerprint density at radius 2 is 1.72 bits per heavy atom. The first-order valence-electron chi connectivity index (χ1n) is 7.91. The SMILES string of the molecule is COc1ccc(N(C)C(=O)c2cc(C)nc3ccccc23)cc1OC. The van der Waals surface area contributed by atoms with Gasteiger partial charge >= 0.3 is 0 Å². The molecule has 0 atom stereocenters. The first-order valence-corrected chi connectivity index (χ1v) is 7.91. The third-order valence-corrected chi connectivity index (χ3v) is 4.13. The van der Waals surface area contributed by atoms with Crippen LogP contribution in [-0.4, -0.2) is 32.2 Å². The number of benzene rings is 2. The molecule has 0 aliphatic heterocycles. The van der Waals surface area contributed by atoms with E-state index in [9.17, 15) is 4.79 Å². The number of aromatic nitrogens is 1. The molecule has 0 aliphatic carbocycles. The summed E-state index contributed by atoms with van der Waals surface area (Å²) < 4.78 is 10.6. The lowest BCUT2D eigenvalue weighted by Gasteiger charge is -2.20. The van der Waals surface area contributed by atoms with E-state index in [0.29, 0.717) is 17.1 Å². The minimum absolute atomic E-state index is 0.103. The molecule has 0 radical (unpaired) electrons. The van der Waals surface area contributed by atoms with Crippen molar-refractivity contribution in [1.82, 2.24) is 4.98 Å². The van der Waals surface area contributed by atoms with E-state index in [1.807, 2.05) is 43.3 Å². The lowest BCUT2D eigenvalue weighted by atomic mass is 10.1. The Morgan fingerprint density at radius 3 is 2.44 bits per heavy atom. The second kappa shape index (κ2) is 6.81. The van der Waals surface area contributed by atoms with Gasteiger partial charge < -0.3 is 14.4 Å². The number of anilines is 1. The van der Waals surface area contributed by atoms with Crippen LogP contribution >= 0.6 is 0 Å². The molecule has 128 valence electrons. The number of hydrogen-bond donors (Lipinski definition) is 0. The average Bonchev–Trinajstić information content (AvgIpc) is 2.65. The number of ether oxygens (including phenoxy) is 2. The largest absolute Gasteiger partial charge is 0.493 e. The first kappa shape index (κ1) is 16.8. The Kier molecular flexibility index (Phi) is 4.57. The summed E-state index contributed by atoms with van der Waals surface area (Å²) in [5.74, 6) is 1.10. The summed E-state index contributed by atoms with van der Waals surface area (Å²) in [4.78, 5) is 19.2. The molecule has 0 aliphatic rings. The van der Waals surface area contributed by atoms with E-state index in [2.05, 4.69) is 4.98 Å². The zero-order chi connectivity index (χ0) is 18.0. The molecular formula is C20H20N2O3. The van der Waals surface area contributed by atoms with E-state index < -0.39 is 0 Å². The number of aryl methyl sites for hydroxylation is 1. The fourth-order valence-corrected chi connectivity index (χ4v) is 2.82. The second-order valence-corrected chi connectivity index (χ2v) is 5.73. The van der Waals surface area contributed by atoms with E-state index >= 15 is 0 Å². The molecule has 25 heavy (non-hydrogen) atoms. The quantitative estimate of drug-likeness (QED) is 0.726. The minimum atomic E-state index is -0.103. The molecule has 0 saturated heterocycles. The van der Waals surface area contributed by atoms with Gasteiger partial charge in [0.15, 0.2) is 11.5 Å². The number of carbonyl (C=O) groups is 1. The number of rotatable bonds is 4. The van der Waals surface area contributed by atoms with Crippen molar-refractivity contribution in [3.63, 3.8) is 0 Å². The summed E-state index contributed by atoms with van der Waals surface area (Å²) in [5, 5.41) is 0.838. The monoisotopic (exact) mass is 336 g/mol. The van der Waals surface area contributed by atoms with Crippen LogP contribution < -0.4 is 14.4 Å². The average molecular weight is 336 g/mol. The number of fused-ring (bicyclic) bond motifs is 1. The van der Waals surface area contributed by atoms with Gasteiger partial charge in [0.2, 0.25) is 0 Å². The molecule has 2 aromatic carbocycles. The maximum Gasteiger partial charge on any atom is 0.258 e. The Balaban J connectivity index is 2.04. The molecule has 0 spiro atoms. The van der Waals surface area contributed by atoms with Crippen LogP contribution in [0, 0.1) is 6.92 Å². The van der Waals surface area contributed by atoms with Crippen molar-refractivity contribution in [3.8, 4) is 11.5 Å². The van der Waals surface area contributed by atoms with Crippen LogP contribution in [0.5, 0.6) is 11.5 Å². The van der Waals surface area contributed by atoms with Crippen LogP contribution in [0.4, 0.5) is 5.69 Å². The molecule has 5 nitrogen and oxygen atoms in total. The van der Waals surface area contributed by atoms with Gasteiger partial charge in [-0.25, -0.2) is 0 Å². The molecule has 1 aromatic heterocycles. The molecular weight excluding hydrogens is 316 g/mol. The van der Waals surface area contributed by atoms with Gasteiger partial charge in [-0.1, -0.05) is 18.2 Å². The standard InChI is InChI=1S/C20H20N2O3/c1-13-11-16(15-7-5-6-8-17(15)21-13)20(23)22(2)14-9-10-18(24-3)19(12-14)25-4/h5-12H,1-4H3. The molecule has 0 fully saturated rings. The van der Waals surface area contributed by atoms with Crippen LogP contribution in [0.3, 0.4) is 0 Å². The van der Waals surface area contributed by atoms with Crippen molar-refractivity contribution in [2.24, 2.45) is 0 Å². The van der Waals surface area contributed by atoms with E-state index in [0.717, 1.165) is 22.3 Å². The third kappa shape index (κ3) is 3.13. The zero-order valence-electron chi connectivity index (χ0n) is 14.7. The van der Waals surface area contributed by atoms with Gasteiger partial charge in [0.05, 0.1) is 25.3 Å². The molecule has 5 heteroatoms. The van der Waals surface area contributed by atoms with Gasteiger partial charge in [0.25, 0.3) is 5.91 Å². The highest BCUT2D eigenvalue weighted by molar-refractivity contribution is 6.13. The molecule has 0 unspecified atom stereocenters. The van der Waals surface area contributed by atoms with Crippen molar-refractivity contribution in [2.45, 2.75) is 6.92 Å². The number of nitrogens with zero attached hydrogens (tertiary/aromatic N) is 2. The van der Waals surface area contributed by atoms with Crippen molar-refractivity contribution < 1.29 is 14.3 Å². The summed E-state index contributed by atoms with van der Waals surface area (Å²) in [5.41, 5.74) is 2.97. The van der Waals surface area contributed by atoms with E-state index in [1.165, 1.54) is 0 Å². The Bertz CT molecular complexity index is 937. The minimum Gasteiger partial charge on any atom is -0.493 e. The molecule has 3 aromatic rings. The van der Waals surface area contributed by atoms with Crippen molar-refractivity contribution in [3.05, 3.63) is 59.8 Å². The Labute approximate surface area is 146 Å². The number of hydrogen-bond acceptors (Lipinski definition) is 4. The van der Waals surface area contributed by atoms with Gasteiger partial charge in [0.1, 0.15) is 0 Å². The van der Waals surface area contributed by atoms with Gasteiger partial charge in [0, 0.05) is 29.9 Å². The fraction of sp³-hybridized carbons (Fsp3) is 0.200. The number of para-hydroxylation sites is 1. The van der Waals surface area contributed by atoms with Gasteiger partial charge in [-0.15, -0.1) is 0 Å². The molecule has 1 heterocycles. The van der Waals surface area contributed by atoms with Crippen molar-refractivity contribution in [2.75, 3.05) is 26.2 Å². The number of carbonyl (C=O) groups excluding carboxylic acids is 1. The molecule has 0 saturated carbocycles. The van der Waals surface area contributed by atoms with Gasteiger partial charge in [-0.2, -0.15) is 0 Å². The van der Waals surface area contributed by atoms with Crippen LogP contribution in [0.2, 0.25) is 0 Å². The highest BCUT2D eigenvalue weighted by Crippen LogP contribution is 2.32. The van der Waals surface area contributed by atoms with Crippen LogP contribution in [0.15, 0.2) is 48.5 Å². The van der Waals surface area contributed by atoms with Gasteiger partial charge in [-0.05, 0) is 31.2 Å². The maximum absolute atomic E-state index is 13.1. The van der Waals surface area contributed by atoms with E-state index in [-0.39, 0.29) is 5.91 Å². The number of amides is 1. The van der Waals surface area contributed by atoms with E-state index in [4.69, 9.17) is 9.47 Å². The third-order valence-electron chi connectivity index (χ3n) is 4.13. The Morgan fingerprint density at radius 1 is 1.00 bits per heavy atom. The summed E-state index contributed by atoms with van der Waals surface area (Å²) in [6, 6.07) is 14.9. The summed E-state index contributed by atoms with van der Waals surface area (Å²) in [6.45, 7) is 1.89. The lowest BCUT2D eigenvalue weighted by Crippen LogP contribution is -2.26. The normalized spacial score (nSPS) is 10.6. The summed E-state index contributed by atoms with van der Waals surface area (Å²) in [6.07, 6.45) is 0. The predicted molar refractivity (Wildman–Crippen MR) is 98.8 cm³/mol. The van der Waals surface area contributed by atoms with Crippen molar-refractivity contribution in [1.29, 1.82) is 0 Å². The van der Waals surface area contributed by atoms with Gasteiger partial charge in [-0.3, -0.25) is 9.78 Å². The first-order chi connectivity index (χ1) is 12.0. The maximum atomic E-state index is 13.1. The summed E-state index contributed by atoms with van der Waals surface area (Å²) in [7, 11) is 4.90. The van der Waals surface area contributed by atoms with Crippen LogP contribution in [0.1, 0.15) is 16.1 Å². The number of methoxy groups -OCH3 is 2. The van der Waals surface area contributed by atoms with Crippen LogP contribution in [-0.2, 0) is 0 Å². The predicted octanol–water partition coefficient (Wildman–Crippen LogP) is 3.84. The topological polar surface area (TPSA) is 51.7 Å².